The quantitative estimate of drug-likeness (QED) is 0.336. The van der Waals surface area contributed by atoms with Gasteiger partial charge in [0.2, 0.25) is 0 Å². The fourth-order valence-corrected chi connectivity index (χ4v) is 3.60. The monoisotopic (exact) mass is 466 g/mol. The highest BCUT2D eigenvalue weighted by atomic mass is 16.6. The Bertz CT molecular complexity index is 1360. The average molecular weight is 467 g/mol. The highest BCUT2D eigenvalue weighted by molar-refractivity contribution is 6.10. The lowest BCUT2D eigenvalue weighted by atomic mass is 10.0. The fourth-order valence-electron chi connectivity index (χ4n) is 3.60. The minimum absolute atomic E-state index is 0.0814. The molecule has 3 aromatic carbocycles. The third-order valence-corrected chi connectivity index (χ3v) is 5.23. The van der Waals surface area contributed by atoms with Crippen LogP contribution in [0.1, 0.15) is 41.5 Å². The summed E-state index contributed by atoms with van der Waals surface area (Å²) >= 11 is 0. The van der Waals surface area contributed by atoms with Crippen LogP contribution >= 0.6 is 0 Å². The number of ether oxygens (including phenoxy) is 1. The van der Waals surface area contributed by atoms with E-state index in [1.54, 1.807) is 63.5 Å². The Hall–Kier alpha value is -4.45. The number of nitrogens with zero attached hydrogens (tertiary/aromatic N) is 1. The fraction of sp³-hybridized carbons (Fsp3) is 0.138. The molecule has 0 spiro atoms. The van der Waals surface area contributed by atoms with Gasteiger partial charge in [-0.3, -0.25) is 9.78 Å². The number of carbonyl (C=O) groups is 2. The van der Waals surface area contributed by atoms with Gasteiger partial charge in [0.15, 0.2) is 0 Å². The molecule has 2 N–H and O–H groups in total. The van der Waals surface area contributed by atoms with E-state index in [0.717, 1.165) is 22.3 Å². The number of rotatable bonds is 5. The van der Waals surface area contributed by atoms with Gasteiger partial charge in [-0.15, -0.1) is 0 Å². The van der Waals surface area contributed by atoms with Gasteiger partial charge in [0.1, 0.15) is 11.4 Å². The largest absolute Gasteiger partial charge is 0.507 e. The Balaban J connectivity index is 1.68. The van der Waals surface area contributed by atoms with Crippen molar-refractivity contribution in [1.29, 1.82) is 0 Å². The smallest absolute Gasteiger partial charge is 0.340 e. The van der Waals surface area contributed by atoms with Crippen molar-refractivity contribution in [2.24, 2.45) is 0 Å². The summed E-state index contributed by atoms with van der Waals surface area (Å²) in [5.41, 5.74) is 3.20. The van der Waals surface area contributed by atoms with E-state index in [4.69, 9.17) is 4.74 Å². The minimum Gasteiger partial charge on any atom is -0.507 e. The van der Waals surface area contributed by atoms with E-state index in [-0.39, 0.29) is 16.9 Å². The Labute approximate surface area is 204 Å². The van der Waals surface area contributed by atoms with Gasteiger partial charge in [-0.2, -0.15) is 0 Å². The lowest BCUT2D eigenvalue weighted by Gasteiger charge is -2.21. The van der Waals surface area contributed by atoms with Crippen molar-refractivity contribution in [2.45, 2.75) is 26.4 Å². The number of anilines is 1. The van der Waals surface area contributed by atoms with Crippen molar-refractivity contribution in [3.63, 3.8) is 0 Å². The summed E-state index contributed by atoms with van der Waals surface area (Å²) in [7, 11) is 0. The van der Waals surface area contributed by atoms with Crippen molar-refractivity contribution in [1.82, 2.24) is 4.98 Å². The predicted octanol–water partition coefficient (Wildman–Crippen LogP) is 6.33. The number of esters is 1. The molecule has 35 heavy (non-hydrogen) atoms. The Morgan fingerprint density at radius 3 is 2.09 bits per heavy atom. The summed E-state index contributed by atoms with van der Waals surface area (Å²) in [6.07, 6.45) is 3.34. The van der Waals surface area contributed by atoms with Crippen LogP contribution in [-0.4, -0.2) is 27.6 Å². The van der Waals surface area contributed by atoms with Crippen molar-refractivity contribution in [2.75, 3.05) is 5.32 Å². The summed E-state index contributed by atoms with van der Waals surface area (Å²) < 4.78 is 5.54. The van der Waals surface area contributed by atoms with Crippen LogP contribution in [0.4, 0.5) is 5.69 Å². The second-order valence-electron chi connectivity index (χ2n) is 9.06. The zero-order valence-electron chi connectivity index (χ0n) is 19.8. The highest BCUT2D eigenvalue weighted by Gasteiger charge is 2.23. The average Bonchev–Trinajstić information content (AvgIpc) is 2.84. The molecule has 6 heteroatoms. The Kier molecular flexibility index (Phi) is 6.64. The van der Waals surface area contributed by atoms with Gasteiger partial charge in [-0.05, 0) is 67.8 Å². The SMILES string of the molecule is CC(C)(C)OC(=O)c1ccc(-c2ccccc2)cc1NC(=O)c1ccc(-c2cccnc2)cc1O. The Morgan fingerprint density at radius 1 is 0.800 bits per heavy atom. The van der Waals surface area contributed by atoms with Crippen molar-refractivity contribution < 1.29 is 19.4 Å². The molecule has 176 valence electrons. The molecule has 6 nitrogen and oxygen atoms in total. The molecule has 0 bridgehead atoms. The molecule has 0 aliphatic carbocycles. The van der Waals surface area contributed by atoms with E-state index < -0.39 is 17.5 Å². The number of amides is 1. The third kappa shape index (κ3) is 5.73. The summed E-state index contributed by atoms with van der Waals surface area (Å²) in [5.74, 6) is -1.28. The zero-order valence-corrected chi connectivity index (χ0v) is 19.8. The minimum atomic E-state index is -0.698. The number of hydrogen-bond acceptors (Lipinski definition) is 5. The number of aromatic hydroxyl groups is 1. The van der Waals surface area contributed by atoms with Gasteiger partial charge >= 0.3 is 5.97 Å². The standard InChI is InChI=1S/C29H26N2O4/c1-29(2,3)35-28(34)23-13-11-20(19-8-5-4-6-9-19)16-25(23)31-27(33)24-14-12-21(17-26(24)32)22-10-7-15-30-18-22/h4-18,32H,1-3H3,(H,31,33). The summed E-state index contributed by atoms with van der Waals surface area (Å²) in [6, 6.07) is 23.3. The maximum Gasteiger partial charge on any atom is 0.340 e. The van der Waals surface area contributed by atoms with Crippen LogP contribution in [-0.2, 0) is 4.74 Å². The molecule has 0 radical (unpaired) electrons. The highest BCUT2D eigenvalue weighted by Crippen LogP contribution is 2.30. The van der Waals surface area contributed by atoms with Crippen LogP contribution in [0.5, 0.6) is 5.75 Å². The van der Waals surface area contributed by atoms with Crippen LogP contribution in [0.3, 0.4) is 0 Å². The number of nitrogens with one attached hydrogen (secondary N) is 1. The molecule has 0 atom stereocenters. The van der Waals surface area contributed by atoms with Crippen LogP contribution in [0.2, 0.25) is 0 Å². The number of carbonyl (C=O) groups excluding carboxylic acids is 2. The number of pyridine rings is 1. The number of aromatic nitrogens is 1. The molecule has 1 amide bonds. The van der Waals surface area contributed by atoms with Gasteiger partial charge < -0.3 is 15.2 Å². The maximum absolute atomic E-state index is 13.2. The molecule has 4 rings (SSSR count). The molecule has 0 fully saturated rings. The first-order valence-corrected chi connectivity index (χ1v) is 11.2. The predicted molar refractivity (Wildman–Crippen MR) is 136 cm³/mol. The topological polar surface area (TPSA) is 88.5 Å². The first-order chi connectivity index (χ1) is 16.7. The first kappa shape index (κ1) is 23.7. The molecular formula is C29H26N2O4. The van der Waals surface area contributed by atoms with Crippen LogP contribution < -0.4 is 5.32 Å². The van der Waals surface area contributed by atoms with E-state index in [2.05, 4.69) is 10.3 Å². The molecule has 1 aromatic heterocycles. The van der Waals surface area contributed by atoms with E-state index in [0.29, 0.717) is 5.69 Å². The molecule has 1 heterocycles. The second-order valence-corrected chi connectivity index (χ2v) is 9.06. The van der Waals surface area contributed by atoms with Gasteiger partial charge in [-0.25, -0.2) is 4.79 Å². The number of phenols is 1. The van der Waals surface area contributed by atoms with Crippen LogP contribution in [0.15, 0.2) is 91.3 Å². The molecule has 0 saturated carbocycles. The molecule has 0 aliphatic rings. The van der Waals surface area contributed by atoms with E-state index in [1.807, 2.05) is 42.5 Å². The lowest BCUT2D eigenvalue weighted by Crippen LogP contribution is -2.25. The molecule has 0 aliphatic heterocycles. The van der Waals surface area contributed by atoms with Crippen LogP contribution in [0.25, 0.3) is 22.3 Å². The number of phenolic OH excluding ortho intramolecular Hbond substituents is 1. The van der Waals surface area contributed by atoms with E-state index in [9.17, 15) is 14.7 Å². The molecule has 4 aromatic rings. The molecule has 0 saturated heterocycles. The van der Waals surface area contributed by atoms with E-state index >= 15 is 0 Å². The van der Waals surface area contributed by atoms with Crippen LogP contribution in [0, 0.1) is 0 Å². The Morgan fingerprint density at radius 2 is 1.46 bits per heavy atom. The summed E-state index contributed by atoms with van der Waals surface area (Å²) in [6.45, 7) is 5.34. The maximum atomic E-state index is 13.2. The number of benzene rings is 3. The van der Waals surface area contributed by atoms with Gasteiger partial charge in [-0.1, -0.05) is 48.5 Å². The van der Waals surface area contributed by atoms with Gasteiger partial charge in [0.05, 0.1) is 16.8 Å². The zero-order chi connectivity index (χ0) is 25.0. The van der Waals surface area contributed by atoms with Crippen molar-refractivity contribution in [3.8, 4) is 28.0 Å². The first-order valence-electron chi connectivity index (χ1n) is 11.2. The van der Waals surface area contributed by atoms with Crippen molar-refractivity contribution in [3.05, 3.63) is 102 Å². The van der Waals surface area contributed by atoms with Crippen molar-refractivity contribution >= 4 is 17.6 Å². The lowest BCUT2D eigenvalue weighted by molar-refractivity contribution is 0.00708. The second kappa shape index (κ2) is 9.81. The molecular weight excluding hydrogens is 440 g/mol. The molecule has 0 unspecified atom stereocenters. The van der Waals surface area contributed by atoms with Gasteiger partial charge in [0.25, 0.3) is 5.91 Å². The normalized spacial score (nSPS) is 11.1. The summed E-state index contributed by atoms with van der Waals surface area (Å²) in [4.78, 5) is 30.1. The third-order valence-electron chi connectivity index (χ3n) is 5.23. The summed E-state index contributed by atoms with van der Waals surface area (Å²) in [5, 5.41) is 13.4. The number of hydrogen-bond donors (Lipinski definition) is 2. The van der Waals surface area contributed by atoms with Gasteiger partial charge in [0, 0.05) is 18.0 Å². The van der Waals surface area contributed by atoms with E-state index in [1.165, 1.54) is 6.07 Å².